The van der Waals surface area contributed by atoms with Gasteiger partial charge in [-0.2, -0.15) is 0 Å². The minimum Gasteiger partial charge on any atom is -0.477 e. The standard InChI is InChI=1S/C11H13N5O3S/c1-2-5-16-10(19)14-15-11(16)20-8-6(12)3-4-7(13-8)9(17)18/h3-4H,2,5,12H2,1H3,(H,14,19)(H,17,18). The highest BCUT2D eigenvalue weighted by atomic mass is 32.2. The molecule has 2 aromatic rings. The first-order chi connectivity index (χ1) is 9.52. The third-order valence-corrected chi connectivity index (χ3v) is 3.48. The van der Waals surface area contributed by atoms with E-state index in [-0.39, 0.29) is 11.4 Å². The highest BCUT2D eigenvalue weighted by molar-refractivity contribution is 7.99. The third kappa shape index (κ3) is 2.82. The molecule has 106 valence electrons. The smallest absolute Gasteiger partial charge is 0.354 e. The number of hydrogen-bond donors (Lipinski definition) is 3. The van der Waals surface area contributed by atoms with Crippen LogP contribution in [0.15, 0.2) is 27.1 Å². The van der Waals surface area contributed by atoms with Crippen LogP contribution in [0.4, 0.5) is 5.69 Å². The highest BCUT2D eigenvalue weighted by Gasteiger charge is 2.14. The molecule has 0 aromatic carbocycles. The maximum Gasteiger partial charge on any atom is 0.354 e. The number of aromatic amines is 1. The molecule has 2 aromatic heterocycles. The summed E-state index contributed by atoms with van der Waals surface area (Å²) < 4.78 is 1.46. The first kappa shape index (κ1) is 14.1. The van der Waals surface area contributed by atoms with E-state index in [2.05, 4.69) is 15.2 Å². The van der Waals surface area contributed by atoms with Crippen molar-refractivity contribution < 1.29 is 9.90 Å². The van der Waals surface area contributed by atoms with Gasteiger partial charge < -0.3 is 10.8 Å². The van der Waals surface area contributed by atoms with E-state index in [1.54, 1.807) is 0 Å². The molecule has 0 unspecified atom stereocenters. The second kappa shape index (κ2) is 5.78. The van der Waals surface area contributed by atoms with Crippen LogP contribution in [0.1, 0.15) is 23.8 Å². The van der Waals surface area contributed by atoms with Gasteiger partial charge in [0.25, 0.3) is 0 Å². The Bertz CT molecular complexity index is 694. The predicted molar refractivity (Wildman–Crippen MR) is 72.9 cm³/mol. The predicted octanol–water partition coefficient (Wildman–Crippen LogP) is 0.808. The van der Waals surface area contributed by atoms with Gasteiger partial charge in [-0.25, -0.2) is 19.7 Å². The number of nitrogens with two attached hydrogens (primary N) is 1. The first-order valence-electron chi connectivity index (χ1n) is 5.85. The van der Waals surface area contributed by atoms with Crippen molar-refractivity contribution in [1.29, 1.82) is 0 Å². The van der Waals surface area contributed by atoms with Gasteiger partial charge in [0.15, 0.2) is 5.16 Å². The number of aromatic nitrogens is 4. The van der Waals surface area contributed by atoms with Crippen molar-refractivity contribution in [2.24, 2.45) is 0 Å². The maximum atomic E-state index is 11.6. The van der Waals surface area contributed by atoms with Crippen LogP contribution < -0.4 is 11.4 Å². The second-order valence-electron chi connectivity index (χ2n) is 3.96. The largest absolute Gasteiger partial charge is 0.477 e. The first-order valence-corrected chi connectivity index (χ1v) is 6.67. The average molecular weight is 295 g/mol. The van der Waals surface area contributed by atoms with E-state index < -0.39 is 5.97 Å². The number of anilines is 1. The second-order valence-corrected chi connectivity index (χ2v) is 4.92. The van der Waals surface area contributed by atoms with Crippen molar-refractivity contribution in [2.45, 2.75) is 30.1 Å². The molecule has 0 aliphatic heterocycles. The minimum atomic E-state index is -1.14. The Morgan fingerprint density at radius 2 is 2.30 bits per heavy atom. The molecule has 0 saturated carbocycles. The zero-order chi connectivity index (χ0) is 14.7. The molecule has 0 saturated heterocycles. The van der Waals surface area contributed by atoms with Crippen LogP contribution in [-0.4, -0.2) is 30.8 Å². The van der Waals surface area contributed by atoms with E-state index in [1.165, 1.54) is 16.7 Å². The Balaban J connectivity index is 2.37. The van der Waals surface area contributed by atoms with Crippen molar-refractivity contribution in [2.75, 3.05) is 5.73 Å². The van der Waals surface area contributed by atoms with E-state index in [4.69, 9.17) is 10.8 Å². The molecule has 0 fully saturated rings. The van der Waals surface area contributed by atoms with Crippen molar-refractivity contribution >= 4 is 23.4 Å². The lowest BCUT2D eigenvalue weighted by molar-refractivity contribution is 0.0690. The summed E-state index contributed by atoms with van der Waals surface area (Å²) in [5.74, 6) is -1.14. The van der Waals surface area contributed by atoms with Crippen LogP contribution in [0.25, 0.3) is 0 Å². The molecule has 0 spiro atoms. The zero-order valence-electron chi connectivity index (χ0n) is 10.7. The van der Waals surface area contributed by atoms with E-state index in [1.807, 2.05) is 6.92 Å². The minimum absolute atomic E-state index is 0.110. The van der Waals surface area contributed by atoms with Gasteiger partial charge in [-0.15, -0.1) is 5.10 Å². The van der Waals surface area contributed by atoms with Crippen LogP contribution in [0.5, 0.6) is 0 Å². The van der Waals surface area contributed by atoms with Gasteiger partial charge in [-0.3, -0.25) is 4.57 Å². The van der Waals surface area contributed by atoms with E-state index >= 15 is 0 Å². The highest BCUT2D eigenvalue weighted by Crippen LogP contribution is 2.28. The monoisotopic (exact) mass is 295 g/mol. The molecular weight excluding hydrogens is 282 g/mol. The topological polar surface area (TPSA) is 127 Å². The van der Waals surface area contributed by atoms with Crippen molar-refractivity contribution in [3.63, 3.8) is 0 Å². The molecule has 8 nitrogen and oxygen atoms in total. The molecule has 0 aliphatic carbocycles. The number of rotatable bonds is 5. The summed E-state index contributed by atoms with van der Waals surface area (Å²) in [6.07, 6.45) is 0.769. The van der Waals surface area contributed by atoms with Crippen LogP contribution in [0.3, 0.4) is 0 Å². The number of nitrogens with zero attached hydrogens (tertiary/aromatic N) is 3. The van der Waals surface area contributed by atoms with Crippen LogP contribution in [-0.2, 0) is 6.54 Å². The maximum absolute atomic E-state index is 11.6. The van der Waals surface area contributed by atoms with Crippen LogP contribution in [0, 0.1) is 0 Å². The molecule has 0 atom stereocenters. The lowest BCUT2D eigenvalue weighted by Gasteiger charge is -2.06. The van der Waals surface area contributed by atoms with E-state index in [0.717, 1.165) is 18.2 Å². The number of carboxylic acid groups (broad SMARTS) is 1. The summed E-state index contributed by atoms with van der Waals surface area (Å²) in [7, 11) is 0. The normalized spacial score (nSPS) is 10.7. The van der Waals surface area contributed by atoms with Crippen LogP contribution in [0.2, 0.25) is 0 Å². The van der Waals surface area contributed by atoms with E-state index in [0.29, 0.717) is 22.4 Å². The van der Waals surface area contributed by atoms with Crippen LogP contribution >= 0.6 is 11.8 Å². The summed E-state index contributed by atoms with van der Waals surface area (Å²) in [5, 5.41) is 15.9. The summed E-state index contributed by atoms with van der Waals surface area (Å²) in [6.45, 7) is 2.45. The van der Waals surface area contributed by atoms with Gasteiger partial charge in [-0.1, -0.05) is 6.92 Å². The van der Waals surface area contributed by atoms with Gasteiger partial charge in [0.05, 0.1) is 5.69 Å². The van der Waals surface area contributed by atoms with E-state index in [9.17, 15) is 9.59 Å². The zero-order valence-corrected chi connectivity index (χ0v) is 11.5. The number of aromatic carboxylic acids is 1. The molecule has 9 heteroatoms. The van der Waals surface area contributed by atoms with Gasteiger partial charge in [0, 0.05) is 6.54 Å². The molecule has 20 heavy (non-hydrogen) atoms. The summed E-state index contributed by atoms with van der Waals surface area (Å²) in [4.78, 5) is 26.4. The molecule has 0 aliphatic rings. The molecule has 2 rings (SSSR count). The SMILES string of the molecule is CCCn1c(Sc2nc(C(=O)O)ccc2N)n[nH]c1=O. The Morgan fingerprint density at radius 1 is 1.55 bits per heavy atom. The number of carbonyl (C=O) groups is 1. The number of pyridine rings is 1. The summed E-state index contributed by atoms with van der Waals surface area (Å²) in [6, 6.07) is 2.79. The Morgan fingerprint density at radius 3 is 2.95 bits per heavy atom. The van der Waals surface area contributed by atoms with Gasteiger partial charge in [0.2, 0.25) is 0 Å². The Labute approximate surface area is 118 Å². The van der Waals surface area contributed by atoms with Gasteiger partial charge in [0.1, 0.15) is 10.7 Å². The summed E-state index contributed by atoms with van der Waals surface area (Å²) >= 11 is 1.05. The number of nitrogens with one attached hydrogen (secondary N) is 1. The van der Waals surface area contributed by atoms with Gasteiger partial charge >= 0.3 is 11.7 Å². The molecule has 0 amide bonds. The summed E-state index contributed by atoms with van der Waals surface area (Å²) in [5.41, 5.74) is 5.67. The number of nitrogen functional groups attached to an aromatic ring is 1. The fourth-order valence-electron chi connectivity index (χ4n) is 1.54. The molecular formula is C11H13N5O3S. The van der Waals surface area contributed by atoms with Crippen molar-refractivity contribution in [3.05, 3.63) is 28.3 Å². The molecule has 0 bridgehead atoms. The number of hydrogen-bond acceptors (Lipinski definition) is 6. The third-order valence-electron chi connectivity index (χ3n) is 2.47. The lowest BCUT2D eigenvalue weighted by atomic mass is 10.3. The lowest BCUT2D eigenvalue weighted by Crippen LogP contribution is -2.17. The number of H-pyrrole nitrogens is 1. The number of carboxylic acids is 1. The van der Waals surface area contributed by atoms with Gasteiger partial charge in [-0.05, 0) is 30.3 Å². The fraction of sp³-hybridized carbons (Fsp3) is 0.273. The molecule has 0 radical (unpaired) electrons. The average Bonchev–Trinajstić information content (AvgIpc) is 2.74. The van der Waals surface area contributed by atoms with Crippen molar-refractivity contribution in [3.8, 4) is 0 Å². The Kier molecular flexibility index (Phi) is 4.08. The molecule has 2 heterocycles. The fourth-order valence-corrected chi connectivity index (χ4v) is 2.42. The van der Waals surface area contributed by atoms with Crippen molar-refractivity contribution in [1.82, 2.24) is 19.7 Å². The molecule has 4 N–H and O–H groups in total. The Hall–Kier alpha value is -2.29. The quantitative estimate of drug-likeness (QED) is 0.744.